The topological polar surface area (TPSA) is 67.7 Å². The van der Waals surface area contributed by atoms with Crippen LogP contribution in [-0.4, -0.2) is 53.6 Å². The Labute approximate surface area is 216 Å². The van der Waals surface area contributed by atoms with E-state index >= 15 is 0 Å². The number of hydrogen-bond donors (Lipinski definition) is 0. The van der Waals surface area contributed by atoms with Gasteiger partial charge in [-0.15, -0.1) is 0 Å². The minimum atomic E-state index is -0.105. The van der Waals surface area contributed by atoms with Gasteiger partial charge in [-0.25, -0.2) is 4.98 Å². The van der Waals surface area contributed by atoms with Crippen LogP contribution < -0.4 is 15.2 Å². The van der Waals surface area contributed by atoms with E-state index in [4.69, 9.17) is 4.74 Å². The summed E-state index contributed by atoms with van der Waals surface area (Å²) in [5.41, 5.74) is 4.27. The Morgan fingerprint density at radius 1 is 0.865 bits per heavy atom. The number of carbonyl (C=O) groups is 1. The Hall–Kier alpha value is -4.13. The number of benzene rings is 3. The molecule has 1 aliphatic rings. The lowest BCUT2D eigenvalue weighted by Crippen LogP contribution is -2.49. The van der Waals surface area contributed by atoms with Crippen molar-refractivity contribution in [1.29, 1.82) is 0 Å². The molecule has 190 valence electrons. The third-order valence-electron chi connectivity index (χ3n) is 7.03. The molecule has 1 aliphatic heterocycles. The number of anilines is 1. The normalized spacial score (nSPS) is 13.6. The van der Waals surface area contributed by atoms with Gasteiger partial charge in [-0.3, -0.25) is 9.59 Å². The van der Waals surface area contributed by atoms with Crippen LogP contribution in [-0.2, 0) is 24.2 Å². The van der Waals surface area contributed by atoms with Gasteiger partial charge in [-0.2, -0.15) is 0 Å². The zero-order valence-corrected chi connectivity index (χ0v) is 21.2. The number of methoxy groups -OCH3 is 1. The molecule has 0 N–H and O–H groups in total. The molecule has 1 amide bonds. The predicted molar refractivity (Wildman–Crippen MR) is 146 cm³/mol. The number of ether oxygens (including phenoxy) is 1. The van der Waals surface area contributed by atoms with E-state index in [9.17, 15) is 9.59 Å². The number of aryl methyl sites for hydroxylation is 3. The number of nitrogens with zero attached hydrogens (tertiary/aromatic N) is 4. The molecule has 4 aromatic rings. The van der Waals surface area contributed by atoms with Gasteiger partial charge in [0, 0.05) is 51.3 Å². The summed E-state index contributed by atoms with van der Waals surface area (Å²) in [5, 5.41) is 0. The first-order valence-electron chi connectivity index (χ1n) is 12.8. The molecule has 0 radical (unpaired) electrons. The van der Waals surface area contributed by atoms with Crippen LogP contribution in [0.15, 0.2) is 83.7 Å². The first-order valence-corrected chi connectivity index (χ1v) is 12.8. The third-order valence-corrected chi connectivity index (χ3v) is 7.03. The second-order valence-electron chi connectivity index (χ2n) is 9.31. The Balaban J connectivity index is 1.24. The summed E-state index contributed by atoms with van der Waals surface area (Å²) < 4.78 is 7.05. The Morgan fingerprint density at radius 3 is 2.30 bits per heavy atom. The highest BCUT2D eigenvalue weighted by Crippen LogP contribution is 2.21. The fraction of sp³-hybridized carbons (Fsp3) is 0.300. The molecule has 0 saturated carbocycles. The SMILES string of the molecule is COc1ccc(N2CCN(C(=O)CCc3nc4ccccc4n(CCc4ccccc4)c3=O)CC2)cc1. The summed E-state index contributed by atoms with van der Waals surface area (Å²) in [6.45, 7) is 3.45. The zero-order chi connectivity index (χ0) is 25.6. The summed E-state index contributed by atoms with van der Waals surface area (Å²) in [6, 6.07) is 25.9. The number of carbonyl (C=O) groups excluding carboxylic acids is 1. The average molecular weight is 497 g/mol. The number of rotatable bonds is 8. The fourth-order valence-electron chi connectivity index (χ4n) is 4.91. The first-order chi connectivity index (χ1) is 18.1. The van der Waals surface area contributed by atoms with Crippen molar-refractivity contribution in [3.63, 3.8) is 0 Å². The molecule has 0 unspecified atom stereocenters. The molecule has 0 aliphatic carbocycles. The van der Waals surface area contributed by atoms with E-state index in [1.807, 2.05) is 76.2 Å². The van der Waals surface area contributed by atoms with Crippen LogP contribution in [0, 0.1) is 0 Å². The van der Waals surface area contributed by atoms with Crippen molar-refractivity contribution in [3.8, 4) is 5.75 Å². The monoisotopic (exact) mass is 496 g/mol. The van der Waals surface area contributed by atoms with Crippen molar-refractivity contribution < 1.29 is 9.53 Å². The van der Waals surface area contributed by atoms with Gasteiger partial charge in [0.05, 0.1) is 18.1 Å². The molecule has 7 nitrogen and oxygen atoms in total. The third kappa shape index (κ3) is 5.66. The van der Waals surface area contributed by atoms with E-state index in [0.717, 1.165) is 42.0 Å². The standard InChI is InChI=1S/C30H32N4O3/c1-37-25-13-11-24(12-14-25)32-19-21-33(22-20-32)29(35)16-15-27-30(36)34(18-17-23-7-3-2-4-8-23)28-10-6-5-9-26(28)31-27/h2-14H,15-22H2,1H3. The van der Waals surface area contributed by atoms with Gasteiger partial charge in [-0.1, -0.05) is 42.5 Å². The predicted octanol–water partition coefficient (Wildman–Crippen LogP) is 3.93. The number of amides is 1. The molecule has 1 aromatic heterocycles. The maximum atomic E-state index is 13.4. The van der Waals surface area contributed by atoms with E-state index in [0.29, 0.717) is 31.7 Å². The van der Waals surface area contributed by atoms with Gasteiger partial charge in [-0.05, 0) is 48.4 Å². The number of piperazine rings is 1. The van der Waals surface area contributed by atoms with Crippen LogP contribution in [0.4, 0.5) is 5.69 Å². The van der Waals surface area contributed by atoms with E-state index in [-0.39, 0.29) is 17.9 Å². The lowest BCUT2D eigenvalue weighted by molar-refractivity contribution is -0.131. The Kier molecular flexibility index (Phi) is 7.49. The lowest BCUT2D eigenvalue weighted by atomic mass is 10.1. The summed E-state index contributed by atoms with van der Waals surface area (Å²) >= 11 is 0. The average Bonchev–Trinajstić information content (AvgIpc) is 2.96. The van der Waals surface area contributed by atoms with E-state index in [1.54, 1.807) is 7.11 Å². The van der Waals surface area contributed by atoms with Crippen molar-refractivity contribution in [2.75, 3.05) is 38.2 Å². The molecule has 37 heavy (non-hydrogen) atoms. The molecule has 5 rings (SSSR count). The quantitative estimate of drug-likeness (QED) is 0.370. The van der Waals surface area contributed by atoms with E-state index < -0.39 is 0 Å². The van der Waals surface area contributed by atoms with Crippen LogP contribution in [0.2, 0.25) is 0 Å². The minimum Gasteiger partial charge on any atom is -0.497 e. The van der Waals surface area contributed by atoms with Crippen LogP contribution in [0.25, 0.3) is 11.0 Å². The second kappa shape index (κ2) is 11.3. The van der Waals surface area contributed by atoms with Gasteiger partial charge in [0.25, 0.3) is 5.56 Å². The molecule has 7 heteroatoms. The Morgan fingerprint density at radius 2 is 1.57 bits per heavy atom. The highest BCUT2D eigenvalue weighted by Gasteiger charge is 2.22. The van der Waals surface area contributed by atoms with Crippen LogP contribution in [0.1, 0.15) is 17.7 Å². The molecule has 1 fully saturated rings. The molecule has 3 aromatic carbocycles. The zero-order valence-electron chi connectivity index (χ0n) is 21.2. The summed E-state index contributed by atoms with van der Waals surface area (Å²) in [4.78, 5) is 35.2. The van der Waals surface area contributed by atoms with Gasteiger partial charge >= 0.3 is 0 Å². The Bertz CT molecular complexity index is 1410. The number of para-hydroxylation sites is 2. The van der Waals surface area contributed by atoms with Gasteiger partial charge in [0.2, 0.25) is 5.91 Å². The molecule has 0 atom stereocenters. The van der Waals surface area contributed by atoms with Crippen LogP contribution in [0.3, 0.4) is 0 Å². The van der Waals surface area contributed by atoms with Crippen LogP contribution >= 0.6 is 0 Å². The molecular formula is C30H32N4O3. The van der Waals surface area contributed by atoms with Crippen molar-refractivity contribution >= 4 is 22.6 Å². The van der Waals surface area contributed by atoms with Gasteiger partial charge in [0.1, 0.15) is 11.4 Å². The van der Waals surface area contributed by atoms with Crippen molar-refractivity contribution in [2.24, 2.45) is 0 Å². The fourth-order valence-corrected chi connectivity index (χ4v) is 4.91. The number of hydrogen-bond acceptors (Lipinski definition) is 5. The first kappa shape index (κ1) is 24.6. The van der Waals surface area contributed by atoms with Crippen LogP contribution in [0.5, 0.6) is 5.75 Å². The summed E-state index contributed by atoms with van der Waals surface area (Å²) in [7, 11) is 1.66. The molecule has 1 saturated heterocycles. The smallest absolute Gasteiger partial charge is 0.272 e. The van der Waals surface area contributed by atoms with Gasteiger partial charge < -0.3 is 19.1 Å². The van der Waals surface area contributed by atoms with Crippen molar-refractivity contribution in [3.05, 3.63) is 100 Å². The number of fused-ring (bicyclic) bond motifs is 1. The van der Waals surface area contributed by atoms with Gasteiger partial charge in [0.15, 0.2) is 0 Å². The second-order valence-corrected chi connectivity index (χ2v) is 9.31. The maximum absolute atomic E-state index is 13.4. The highest BCUT2D eigenvalue weighted by molar-refractivity contribution is 5.77. The largest absolute Gasteiger partial charge is 0.497 e. The maximum Gasteiger partial charge on any atom is 0.272 e. The van der Waals surface area contributed by atoms with Crippen molar-refractivity contribution in [1.82, 2.24) is 14.5 Å². The summed E-state index contributed by atoms with van der Waals surface area (Å²) in [5.74, 6) is 0.901. The van der Waals surface area contributed by atoms with E-state index in [1.165, 1.54) is 5.56 Å². The molecule has 2 heterocycles. The molecule has 0 bridgehead atoms. The van der Waals surface area contributed by atoms with E-state index in [2.05, 4.69) is 22.0 Å². The minimum absolute atomic E-state index is 0.0691. The van der Waals surface area contributed by atoms with Crippen molar-refractivity contribution in [2.45, 2.75) is 25.8 Å². The highest BCUT2D eigenvalue weighted by atomic mass is 16.5. The number of aromatic nitrogens is 2. The molecular weight excluding hydrogens is 464 g/mol. The lowest BCUT2D eigenvalue weighted by Gasteiger charge is -2.36. The molecule has 0 spiro atoms. The summed E-state index contributed by atoms with van der Waals surface area (Å²) in [6.07, 6.45) is 1.37.